The van der Waals surface area contributed by atoms with Crippen molar-refractivity contribution in [2.45, 2.75) is 26.2 Å². The molecule has 0 aromatic rings. The maximum Gasteiger partial charge on any atom is 0.150 e. The van der Waals surface area contributed by atoms with E-state index in [2.05, 4.69) is 4.90 Å². The molecule has 0 saturated carbocycles. The maximum absolute atomic E-state index is 11.2. The first-order valence-corrected chi connectivity index (χ1v) is 7.30. The van der Waals surface area contributed by atoms with Crippen molar-refractivity contribution in [2.24, 2.45) is 0 Å². The number of piperidine rings is 1. The van der Waals surface area contributed by atoms with Crippen molar-refractivity contribution in [3.8, 4) is 0 Å². The van der Waals surface area contributed by atoms with E-state index in [1.165, 1.54) is 0 Å². The van der Waals surface area contributed by atoms with Crippen LogP contribution < -0.4 is 0 Å². The van der Waals surface area contributed by atoms with E-state index in [1.54, 1.807) is 6.92 Å². The number of carbonyl (C=O) groups is 1. The molecular weight excluding hydrogens is 214 g/mol. The van der Waals surface area contributed by atoms with E-state index in [0.717, 1.165) is 19.6 Å². The van der Waals surface area contributed by atoms with E-state index < -0.39 is 9.84 Å². The van der Waals surface area contributed by atoms with E-state index in [1.807, 2.05) is 0 Å². The number of rotatable bonds is 5. The quantitative estimate of drug-likeness (QED) is 0.693. The Morgan fingerprint density at radius 1 is 1.27 bits per heavy atom. The second-order valence-electron chi connectivity index (χ2n) is 3.97. The van der Waals surface area contributed by atoms with Gasteiger partial charge in [-0.1, -0.05) is 6.92 Å². The Morgan fingerprint density at radius 3 is 2.40 bits per heavy atom. The van der Waals surface area contributed by atoms with E-state index in [-0.39, 0.29) is 11.5 Å². The smallest absolute Gasteiger partial charge is 0.150 e. The predicted octanol–water partition coefficient (Wildman–Crippen LogP) is 0.476. The topological polar surface area (TPSA) is 54.5 Å². The number of carbonyl (C=O) groups excluding carboxylic acids is 1. The van der Waals surface area contributed by atoms with Crippen LogP contribution in [0.4, 0.5) is 0 Å². The number of sulfone groups is 1. The normalized spacial score (nSPS) is 19.4. The number of hydrogen-bond acceptors (Lipinski definition) is 4. The van der Waals surface area contributed by atoms with Crippen LogP contribution in [0.2, 0.25) is 0 Å². The molecule has 4 nitrogen and oxygen atoms in total. The highest BCUT2D eigenvalue weighted by Gasteiger charge is 2.16. The summed E-state index contributed by atoms with van der Waals surface area (Å²) in [5, 5.41) is 0. The first-order valence-electron chi connectivity index (χ1n) is 5.48. The van der Waals surface area contributed by atoms with Crippen molar-refractivity contribution in [3.63, 3.8) is 0 Å². The van der Waals surface area contributed by atoms with Gasteiger partial charge in [-0.05, 0) is 13.0 Å². The minimum atomic E-state index is -2.82. The molecule has 0 aromatic carbocycles. The molecule has 0 amide bonds. The molecule has 1 rings (SSSR count). The third-order valence-electron chi connectivity index (χ3n) is 2.78. The Bertz CT molecular complexity index is 301. The number of likely N-dealkylation sites (tertiary alicyclic amines) is 1. The molecule has 88 valence electrons. The summed E-state index contributed by atoms with van der Waals surface area (Å²) in [5.41, 5.74) is 0. The molecular formula is C10H19NO3S. The van der Waals surface area contributed by atoms with Gasteiger partial charge in [0, 0.05) is 31.7 Å². The molecule has 0 aliphatic carbocycles. The van der Waals surface area contributed by atoms with Crippen LogP contribution in [0.3, 0.4) is 0 Å². The fraction of sp³-hybridized carbons (Fsp3) is 0.900. The Kier molecular flexibility index (Phi) is 4.73. The third-order valence-corrected chi connectivity index (χ3v) is 4.57. The summed E-state index contributed by atoms with van der Waals surface area (Å²) in [4.78, 5) is 13.1. The van der Waals surface area contributed by atoms with Crippen LogP contribution in [0.5, 0.6) is 0 Å². The second kappa shape index (κ2) is 5.61. The molecule has 0 aromatic heterocycles. The molecule has 1 aliphatic rings. The highest BCUT2D eigenvalue weighted by Crippen LogP contribution is 2.06. The summed E-state index contributed by atoms with van der Waals surface area (Å²) < 4.78 is 22.4. The Balaban J connectivity index is 2.18. The fourth-order valence-electron chi connectivity index (χ4n) is 1.68. The Morgan fingerprint density at radius 2 is 1.87 bits per heavy atom. The van der Waals surface area contributed by atoms with Gasteiger partial charge in [-0.3, -0.25) is 4.79 Å². The van der Waals surface area contributed by atoms with Crippen LogP contribution in [0.15, 0.2) is 0 Å². The molecule has 0 spiro atoms. The first-order chi connectivity index (χ1) is 7.03. The Hall–Kier alpha value is -0.420. The zero-order chi connectivity index (χ0) is 11.3. The summed E-state index contributed by atoms with van der Waals surface area (Å²) >= 11 is 0. The maximum atomic E-state index is 11.2. The van der Waals surface area contributed by atoms with E-state index in [4.69, 9.17) is 0 Å². The van der Waals surface area contributed by atoms with Gasteiger partial charge in [0.05, 0.1) is 5.75 Å². The molecule has 15 heavy (non-hydrogen) atoms. The zero-order valence-electron chi connectivity index (χ0n) is 9.24. The lowest BCUT2D eigenvalue weighted by molar-refractivity contribution is -0.121. The lowest BCUT2D eigenvalue weighted by Crippen LogP contribution is -2.35. The molecule has 1 heterocycles. The average molecular weight is 233 g/mol. The minimum absolute atomic E-state index is 0.228. The van der Waals surface area contributed by atoms with Crippen LogP contribution in [0.25, 0.3) is 0 Å². The monoisotopic (exact) mass is 233 g/mol. The van der Waals surface area contributed by atoms with Gasteiger partial charge >= 0.3 is 0 Å². The standard InChI is InChI=1S/C10H19NO3S/c1-2-15(13,14)9-3-6-11-7-4-10(12)5-8-11/h2-9H2,1H3. The molecule has 1 fully saturated rings. The van der Waals surface area contributed by atoms with Crippen molar-refractivity contribution in [3.05, 3.63) is 0 Å². The number of hydrogen-bond donors (Lipinski definition) is 0. The molecule has 1 aliphatic heterocycles. The highest BCUT2D eigenvalue weighted by molar-refractivity contribution is 7.91. The van der Waals surface area contributed by atoms with Gasteiger partial charge < -0.3 is 4.90 Å². The van der Waals surface area contributed by atoms with Gasteiger partial charge in [-0.25, -0.2) is 8.42 Å². The van der Waals surface area contributed by atoms with Crippen LogP contribution in [0, 0.1) is 0 Å². The van der Waals surface area contributed by atoms with Crippen LogP contribution >= 0.6 is 0 Å². The molecule has 5 heteroatoms. The number of nitrogens with zero attached hydrogens (tertiary/aromatic N) is 1. The van der Waals surface area contributed by atoms with E-state index >= 15 is 0 Å². The minimum Gasteiger partial charge on any atom is -0.302 e. The molecule has 1 saturated heterocycles. The molecule has 0 unspecified atom stereocenters. The molecule has 0 bridgehead atoms. The van der Waals surface area contributed by atoms with Gasteiger partial charge in [-0.15, -0.1) is 0 Å². The molecule has 0 N–H and O–H groups in total. The molecule has 0 atom stereocenters. The van der Waals surface area contributed by atoms with Crippen molar-refractivity contribution < 1.29 is 13.2 Å². The van der Waals surface area contributed by atoms with E-state index in [9.17, 15) is 13.2 Å². The number of Topliss-reactive ketones (excluding diaryl/α,β-unsaturated/α-hetero) is 1. The van der Waals surface area contributed by atoms with Gasteiger partial charge in [-0.2, -0.15) is 0 Å². The average Bonchev–Trinajstić information content (AvgIpc) is 2.21. The lowest BCUT2D eigenvalue weighted by Gasteiger charge is -2.25. The highest BCUT2D eigenvalue weighted by atomic mass is 32.2. The van der Waals surface area contributed by atoms with Crippen LogP contribution in [-0.2, 0) is 14.6 Å². The third kappa shape index (κ3) is 4.75. The molecule has 0 radical (unpaired) electrons. The van der Waals surface area contributed by atoms with Gasteiger partial charge in [0.2, 0.25) is 0 Å². The summed E-state index contributed by atoms with van der Waals surface area (Å²) in [5.74, 6) is 0.826. The van der Waals surface area contributed by atoms with Crippen LogP contribution in [0.1, 0.15) is 26.2 Å². The predicted molar refractivity (Wildman–Crippen MR) is 59.6 cm³/mol. The van der Waals surface area contributed by atoms with Crippen molar-refractivity contribution >= 4 is 15.6 Å². The lowest BCUT2D eigenvalue weighted by atomic mass is 10.1. The van der Waals surface area contributed by atoms with Crippen molar-refractivity contribution in [2.75, 3.05) is 31.1 Å². The summed E-state index contributed by atoms with van der Waals surface area (Å²) in [6.45, 7) is 4.07. The second-order valence-corrected chi connectivity index (χ2v) is 6.44. The van der Waals surface area contributed by atoms with Gasteiger partial charge in [0.1, 0.15) is 15.6 Å². The van der Waals surface area contributed by atoms with Crippen molar-refractivity contribution in [1.29, 1.82) is 0 Å². The summed E-state index contributed by atoms with van der Waals surface area (Å²) in [6.07, 6.45) is 1.94. The summed E-state index contributed by atoms with van der Waals surface area (Å²) in [7, 11) is -2.82. The largest absolute Gasteiger partial charge is 0.302 e. The fourth-order valence-corrected chi connectivity index (χ4v) is 2.54. The first kappa shape index (κ1) is 12.6. The van der Waals surface area contributed by atoms with Crippen molar-refractivity contribution in [1.82, 2.24) is 4.90 Å². The zero-order valence-corrected chi connectivity index (χ0v) is 10.1. The van der Waals surface area contributed by atoms with Gasteiger partial charge in [0.15, 0.2) is 0 Å². The van der Waals surface area contributed by atoms with E-state index in [0.29, 0.717) is 25.0 Å². The van der Waals surface area contributed by atoms with Gasteiger partial charge in [0.25, 0.3) is 0 Å². The summed E-state index contributed by atoms with van der Waals surface area (Å²) in [6, 6.07) is 0. The van der Waals surface area contributed by atoms with Crippen LogP contribution in [-0.4, -0.2) is 50.2 Å². The SMILES string of the molecule is CCS(=O)(=O)CCCN1CCC(=O)CC1. The Labute approximate surface area is 91.6 Å². The number of ketones is 1.